The second kappa shape index (κ2) is 5.16. The normalized spacial score (nSPS) is 19.5. The van der Waals surface area contributed by atoms with Crippen LogP contribution in [0.4, 0.5) is 4.79 Å². The first-order chi connectivity index (χ1) is 7.75. The summed E-state index contributed by atoms with van der Waals surface area (Å²) in [5, 5.41) is 13.6. The van der Waals surface area contributed by atoms with Crippen LogP contribution in [-0.2, 0) is 9.53 Å². The van der Waals surface area contributed by atoms with Crippen molar-refractivity contribution in [2.75, 3.05) is 11.5 Å². The first kappa shape index (κ1) is 14.2. The molecule has 5 nitrogen and oxygen atoms in total. The Morgan fingerprint density at radius 1 is 1.29 bits per heavy atom. The SMILES string of the molecule is CC(C)(C)OC(=O)NC1(C(=O)[O-])CCSCC1. The van der Waals surface area contributed by atoms with Gasteiger partial charge in [-0.3, -0.25) is 0 Å². The summed E-state index contributed by atoms with van der Waals surface area (Å²) < 4.78 is 5.07. The number of carboxylic acids is 1. The standard InChI is InChI=1S/C11H19NO4S/c1-10(2,3)16-9(15)12-11(8(13)14)4-6-17-7-5-11/h4-7H2,1-3H3,(H,12,15)(H,13,14)/p-1. The molecule has 0 saturated carbocycles. The molecule has 0 aromatic heterocycles. The summed E-state index contributed by atoms with van der Waals surface area (Å²) in [6.45, 7) is 5.19. The number of ether oxygens (including phenoxy) is 1. The number of amides is 1. The predicted octanol–water partition coefficient (Wildman–Crippen LogP) is 0.527. The van der Waals surface area contributed by atoms with Crippen molar-refractivity contribution >= 4 is 23.8 Å². The van der Waals surface area contributed by atoms with Crippen LogP contribution in [0.2, 0.25) is 0 Å². The number of rotatable bonds is 2. The molecule has 1 aliphatic rings. The number of alkyl carbamates (subject to hydrolysis) is 1. The predicted molar refractivity (Wildman–Crippen MR) is 63.7 cm³/mol. The van der Waals surface area contributed by atoms with E-state index in [1.807, 2.05) is 0 Å². The summed E-state index contributed by atoms with van der Waals surface area (Å²) in [7, 11) is 0. The zero-order valence-corrected chi connectivity index (χ0v) is 11.2. The third kappa shape index (κ3) is 4.11. The molecule has 0 bridgehead atoms. The van der Waals surface area contributed by atoms with Crippen LogP contribution in [0.5, 0.6) is 0 Å². The summed E-state index contributed by atoms with van der Waals surface area (Å²) in [5.41, 5.74) is -1.91. The fourth-order valence-electron chi connectivity index (χ4n) is 1.60. The van der Waals surface area contributed by atoms with E-state index in [-0.39, 0.29) is 0 Å². The first-order valence-corrected chi connectivity index (χ1v) is 6.71. The van der Waals surface area contributed by atoms with E-state index in [0.29, 0.717) is 24.3 Å². The maximum atomic E-state index is 11.6. The number of hydrogen-bond acceptors (Lipinski definition) is 5. The summed E-state index contributed by atoms with van der Waals surface area (Å²) in [6.07, 6.45) is 0.0481. The van der Waals surface area contributed by atoms with Gasteiger partial charge in [0.25, 0.3) is 0 Å². The van der Waals surface area contributed by atoms with Crippen molar-refractivity contribution in [3.05, 3.63) is 0 Å². The van der Waals surface area contributed by atoms with Crippen molar-refractivity contribution in [2.45, 2.75) is 44.8 Å². The van der Waals surface area contributed by atoms with E-state index in [2.05, 4.69) is 5.32 Å². The molecule has 17 heavy (non-hydrogen) atoms. The smallest absolute Gasteiger partial charge is 0.408 e. The van der Waals surface area contributed by atoms with Crippen LogP contribution in [0.1, 0.15) is 33.6 Å². The summed E-state index contributed by atoms with van der Waals surface area (Å²) in [6, 6.07) is 0. The second-order valence-corrected chi connectivity index (χ2v) is 6.33. The Kier molecular flexibility index (Phi) is 4.30. The minimum absolute atomic E-state index is 0.374. The van der Waals surface area contributed by atoms with E-state index in [0.717, 1.165) is 0 Å². The average molecular weight is 260 g/mol. The molecule has 0 aliphatic carbocycles. The van der Waals surface area contributed by atoms with Gasteiger partial charge in [-0.05, 0) is 45.1 Å². The molecule has 0 atom stereocenters. The van der Waals surface area contributed by atoms with Gasteiger partial charge in [-0.15, -0.1) is 0 Å². The van der Waals surface area contributed by atoms with E-state index in [9.17, 15) is 14.7 Å². The summed E-state index contributed by atoms with van der Waals surface area (Å²) >= 11 is 1.67. The van der Waals surface area contributed by atoms with Crippen molar-refractivity contribution in [3.8, 4) is 0 Å². The minimum Gasteiger partial charge on any atom is -0.548 e. The lowest BCUT2D eigenvalue weighted by Crippen LogP contribution is -2.62. The van der Waals surface area contributed by atoms with Gasteiger partial charge >= 0.3 is 6.09 Å². The highest BCUT2D eigenvalue weighted by molar-refractivity contribution is 7.99. The lowest BCUT2D eigenvalue weighted by Gasteiger charge is -2.38. The highest BCUT2D eigenvalue weighted by atomic mass is 32.2. The molecule has 1 rings (SSSR count). The monoisotopic (exact) mass is 260 g/mol. The number of carbonyl (C=O) groups is 2. The van der Waals surface area contributed by atoms with E-state index in [1.54, 1.807) is 32.5 Å². The Bertz CT molecular complexity index is 305. The Morgan fingerprint density at radius 3 is 2.24 bits per heavy atom. The molecular weight excluding hydrogens is 242 g/mol. The summed E-state index contributed by atoms with van der Waals surface area (Å²) in [5.74, 6) is 0.164. The molecule has 1 fully saturated rings. The topological polar surface area (TPSA) is 78.5 Å². The van der Waals surface area contributed by atoms with Crippen LogP contribution in [0.25, 0.3) is 0 Å². The number of thioether (sulfide) groups is 1. The first-order valence-electron chi connectivity index (χ1n) is 5.56. The number of nitrogens with one attached hydrogen (secondary N) is 1. The van der Waals surface area contributed by atoms with Gasteiger partial charge in [-0.25, -0.2) is 4.79 Å². The molecule has 1 saturated heterocycles. The molecule has 0 radical (unpaired) electrons. The van der Waals surface area contributed by atoms with E-state index >= 15 is 0 Å². The van der Waals surface area contributed by atoms with Crippen molar-refractivity contribution in [2.24, 2.45) is 0 Å². The number of carboxylic acid groups (broad SMARTS) is 1. The van der Waals surface area contributed by atoms with Gasteiger partial charge in [-0.2, -0.15) is 11.8 Å². The van der Waals surface area contributed by atoms with Crippen molar-refractivity contribution < 1.29 is 19.4 Å². The Morgan fingerprint density at radius 2 is 1.82 bits per heavy atom. The summed E-state index contributed by atoms with van der Waals surface area (Å²) in [4.78, 5) is 22.8. The van der Waals surface area contributed by atoms with Gasteiger partial charge in [0.05, 0.1) is 11.5 Å². The van der Waals surface area contributed by atoms with Crippen LogP contribution >= 0.6 is 11.8 Å². The van der Waals surface area contributed by atoms with Gasteiger partial charge in [0.2, 0.25) is 0 Å². The van der Waals surface area contributed by atoms with Crippen LogP contribution < -0.4 is 10.4 Å². The lowest BCUT2D eigenvalue weighted by molar-refractivity contribution is -0.314. The van der Waals surface area contributed by atoms with Crippen LogP contribution in [0.3, 0.4) is 0 Å². The van der Waals surface area contributed by atoms with Crippen molar-refractivity contribution in [1.29, 1.82) is 0 Å². The zero-order valence-electron chi connectivity index (χ0n) is 10.4. The van der Waals surface area contributed by atoms with E-state index in [4.69, 9.17) is 4.74 Å². The fraction of sp³-hybridized carbons (Fsp3) is 0.818. The molecule has 1 N–H and O–H groups in total. The molecule has 0 aromatic carbocycles. The molecular formula is C11H18NO4S-. The van der Waals surface area contributed by atoms with Gasteiger partial charge in [0.15, 0.2) is 0 Å². The van der Waals surface area contributed by atoms with Crippen LogP contribution in [-0.4, -0.2) is 34.7 Å². The van der Waals surface area contributed by atoms with Crippen LogP contribution in [0.15, 0.2) is 0 Å². The molecule has 1 aliphatic heterocycles. The van der Waals surface area contributed by atoms with E-state index in [1.165, 1.54) is 0 Å². The third-order valence-corrected chi connectivity index (χ3v) is 3.46. The molecule has 6 heteroatoms. The molecule has 1 amide bonds. The van der Waals surface area contributed by atoms with Crippen molar-refractivity contribution in [3.63, 3.8) is 0 Å². The number of hydrogen-bond donors (Lipinski definition) is 1. The third-order valence-electron chi connectivity index (χ3n) is 2.48. The average Bonchev–Trinajstić information content (AvgIpc) is 2.15. The molecule has 0 spiro atoms. The number of carbonyl (C=O) groups excluding carboxylic acids is 2. The maximum Gasteiger partial charge on any atom is 0.408 e. The highest BCUT2D eigenvalue weighted by Gasteiger charge is 2.36. The molecule has 0 unspecified atom stereocenters. The Balaban J connectivity index is 2.67. The molecule has 1 heterocycles. The zero-order chi connectivity index (χ0) is 13.1. The van der Waals surface area contributed by atoms with E-state index < -0.39 is 23.2 Å². The van der Waals surface area contributed by atoms with Crippen LogP contribution in [0, 0.1) is 0 Å². The molecule has 98 valence electrons. The Hall–Kier alpha value is -0.910. The maximum absolute atomic E-state index is 11.6. The largest absolute Gasteiger partial charge is 0.548 e. The highest BCUT2D eigenvalue weighted by Crippen LogP contribution is 2.27. The van der Waals surface area contributed by atoms with Gasteiger partial charge in [0.1, 0.15) is 5.60 Å². The molecule has 0 aromatic rings. The number of aliphatic carboxylic acids is 1. The minimum atomic E-state index is -1.27. The van der Waals surface area contributed by atoms with Crippen molar-refractivity contribution in [1.82, 2.24) is 5.32 Å². The lowest BCUT2D eigenvalue weighted by atomic mass is 9.92. The van der Waals surface area contributed by atoms with Gasteiger partial charge < -0.3 is 20.0 Å². The second-order valence-electron chi connectivity index (χ2n) is 5.11. The van der Waals surface area contributed by atoms with Gasteiger partial charge in [0, 0.05) is 0 Å². The quantitative estimate of drug-likeness (QED) is 0.783. The Labute approximate surface area is 105 Å². The fourth-order valence-corrected chi connectivity index (χ4v) is 2.79. The van der Waals surface area contributed by atoms with Gasteiger partial charge in [-0.1, -0.05) is 0 Å².